The van der Waals surface area contributed by atoms with Gasteiger partial charge in [0.1, 0.15) is 5.75 Å². The molecular weight excluding hydrogens is 266 g/mol. The topological polar surface area (TPSA) is 30.7 Å². The lowest BCUT2D eigenvalue weighted by Crippen LogP contribution is -2.18. The van der Waals surface area contributed by atoms with Gasteiger partial charge in [-0.15, -0.1) is 0 Å². The number of methoxy groups -OCH3 is 1. The van der Waals surface area contributed by atoms with Crippen LogP contribution in [0.3, 0.4) is 0 Å². The van der Waals surface area contributed by atoms with E-state index in [1.54, 1.807) is 7.11 Å². The number of hydrogen-bond donors (Lipinski definition) is 0. The first-order chi connectivity index (χ1) is 10.3. The molecular formula is C17H16NO3+. The second-order valence-corrected chi connectivity index (χ2v) is 5.18. The van der Waals surface area contributed by atoms with E-state index >= 15 is 0 Å². The van der Waals surface area contributed by atoms with Crippen molar-refractivity contribution in [2.45, 2.75) is 6.42 Å². The van der Waals surface area contributed by atoms with Crippen molar-refractivity contribution in [2.24, 2.45) is 0 Å². The molecule has 4 heteroatoms. The number of benzene rings is 2. The molecule has 2 aliphatic heterocycles. The predicted molar refractivity (Wildman–Crippen MR) is 79.2 cm³/mol. The van der Waals surface area contributed by atoms with Crippen molar-refractivity contribution in [1.82, 2.24) is 0 Å². The summed E-state index contributed by atoms with van der Waals surface area (Å²) in [4.78, 5) is 0. The Kier molecular flexibility index (Phi) is 2.81. The van der Waals surface area contributed by atoms with Gasteiger partial charge in [-0.25, -0.2) is 0 Å². The first-order valence-corrected chi connectivity index (χ1v) is 7.01. The predicted octanol–water partition coefficient (Wildman–Crippen LogP) is 2.74. The van der Waals surface area contributed by atoms with Gasteiger partial charge in [0.05, 0.1) is 13.2 Å². The second-order valence-electron chi connectivity index (χ2n) is 5.18. The highest BCUT2D eigenvalue weighted by atomic mass is 16.7. The fourth-order valence-corrected chi connectivity index (χ4v) is 2.80. The molecule has 4 nitrogen and oxygen atoms in total. The number of fused-ring (bicyclic) bond motifs is 2. The smallest absolute Gasteiger partial charge is 0.231 e. The summed E-state index contributed by atoms with van der Waals surface area (Å²) < 4.78 is 18.4. The lowest BCUT2D eigenvalue weighted by Gasteiger charge is -2.13. The Morgan fingerprint density at radius 2 is 1.95 bits per heavy atom. The summed E-state index contributed by atoms with van der Waals surface area (Å²) in [5.41, 5.74) is 3.63. The zero-order valence-corrected chi connectivity index (χ0v) is 11.8. The number of ether oxygens (including phenoxy) is 3. The van der Waals surface area contributed by atoms with Crippen molar-refractivity contribution < 1.29 is 18.8 Å². The average Bonchev–Trinajstić information content (AvgIpc) is 2.99. The Labute approximate surface area is 123 Å². The fourth-order valence-electron chi connectivity index (χ4n) is 2.80. The molecule has 0 bridgehead atoms. The molecule has 0 atom stereocenters. The molecule has 0 N–H and O–H groups in total. The molecule has 0 saturated carbocycles. The molecule has 0 spiro atoms. The van der Waals surface area contributed by atoms with Crippen LogP contribution in [0.4, 0.5) is 5.69 Å². The SMILES string of the molecule is COc1cccc([N+]2=Cc3cc4c(cc3CC2)OCO4)c1. The highest BCUT2D eigenvalue weighted by Gasteiger charge is 2.23. The van der Waals surface area contributed by atoms with Crippen LogP contribution >= 0.6 is 0 Å². The fraction of sp³-hybridized carbons (Fsp3) is 0.235. The highest BCUT2D eigenvalue weighted by Crippen LogP contribution is 2.35. The van der Waals surface area contributed by atoms with Gasteiger partial charge in [-0.3, -0.25) is 0 Å². The average molecular weight is 282 g/mol. The summed E-state index contributed by atoms with van der Waals surface area (Å²) in [7, 11) is 1.69. The van der Waals surface area contributed by atoms with Crippen molar-refractivity contribution in [3.05, 3.63) is 47.5 Å². The van der Waals surface area contributed by atoms with Gasteiger partial charge in [-0.1, -0.05) is 6.07 Å². The molecule has 0 aromatic heterocycles. The maximum absolute atomic E-state index is 5.46. The maximum Gasteiger partial charge on any atom is 0.231 e. The zero-order valence-electron chi connectivity index (χ0n) is 11.8. The van der Waals surface area contributed by atoms with Crippen LogP contribution in [0.15, 0.2) is 36.4 Å². The monoisotopic (exact) mass is 282 g/mol. The third-order valence-corrected chi connectivity index (χ3v) is 3.94. The lowest BCUT2D eigenvalue weighted by molar-refractivity contribution is -0.436. The molecule has 0 radical (unpaired) electrons. The van der Waals surface area contributed by atoms with Crippen LogP contribution in [0.2, 0.25) is 0 Å². The molecule has 0 aliphatic carbocycles. The third-order valence-electron chi connectivity index (χ3n) is 3.94. The quantitative estimate of drug-likeness (QED) is 0.794. The zero-order chi connectivity index (χ0) is 14.2. The minimum atomic E-state index is 0.317. The van der Waals surface area contributed by atoms with Crippen molar-refractivity contribution in [3.63, 3.8) is 0 Å². The molecule has 0 unspecified atom stereocenters. The molecule has 0 fully saturated rings. The van der Waals surface area contributed by atoms with Crippen LogP contribution in [0.5, 0.6) is 17.2 Å². The summed E-state index contributed by atoms with van der Waals surface area (Å²) in [6.07, 6.45) is 3.15. The van der Waals surface area contributed by atoms with Crippen molar-refractivity contribution in [1.29, 1.82) is 0 Å². The Balaban J connectivity index is 1.75. The van der Waals surface area contributed by atoms with Gasteiger partial charge >= 0.3 is 0 Å². The Morgan fingerprint density at radius 1 is 1.10 bits per heavy atom. The third kappa shape index (κ3) is 2.13. The molecule has 4 rings (SSSR count). The van der Waals surface area contributed by atoms with Crippen LogP contribution in [0.1, 0.15) is 11.1 Å². The van der Waals surface area contributed by atoms with Gasteiger partial charge in [0.2, 0.25) is 12.5 Å². The minimum absolute atomic E-state index is 0.317. The molecule has 106 valence electrons. The standard InChI is InChI=1S/C17H16NO3/c1-19-15-4-2-3-14(9-15)18-6-5-12-7-16-17(21-11-20-16)8-13(12)10-18/h2-4,7-10H,5-6,11H2,1H3/q+1. The minimum Gasteiger partial charge on any atom is -0.497 e. The number of nitrogens with zero attached hydrogens (tertiary/aromatic N) is 1. The van der Waals surface area contributed by atoms with Gasteiger partial charge in [-0.05, 0) is 23.8 Å². The van der Waals surface area contributed by atoms with Crippen molar-refractivity contribution >= 4 is 11.9 Å². The molecule has 2 heterocycles. The summed E-state index contributed by atoms with van der Waals surface area (Å²) in [5.74, 6) is 2.56. The van der Waals surface area contributed by atoms with Crippen LogP contribution < -0.4 is 14.2 Å². The van der Waals surface area contributed by atoms with E-state index in [2.05, 4.69) is 35.1 Å². The molecule has 21 heavy (non-hydrogen) atoms. The van der Waals surface area contributed by atoms with E-state index < -0.39 is 0 Å². The van der Waals surface area contributed by atoms with Crippen LogP contribution in [0.25, 0.3) is 0 Å². The van der Waals surface area contributed by atoms with E-state index in [1.165, 1.54) is 11.1 Å². The normalized spacial score (nSPS) is 15.4. The molecule has 2 aromatic carbocycles. The molecule has 2 aliphatic rings. The van der Waals surface area contributed by atoms with Crippen molar-refractivity contribution in [2.75, 3.05) is 20.4 Å². The molecule has 0 amide bonds. The van der Waals surface area contributed by atoms with Crippen molar-refractivity contribution in [3.8, 4) is 17.2 Å². The maximum atomic E-state index is 5.46. The molecule has 0 saturated heterocycles. The summed E-state index contributed by atoms with van der Waals surface area (Å²) in [6, 6.07) is 12.3. The summed E-state index contributed by atoms with van der Waals surface area (Å²) in [5, 5.41) is 0. The number of rotatable bonds is 2. The van der Waals surface area contributed by atoms with Crippen LogP contribution in [0, 0.1) is 0 Å². The van der Waals surface area contributed by atoms with Gasteiger partial charge in [0.15, 0.2) is 24.3 Å². The van der Waals surface area contributed by atoms with Crippen LogP contribution in [-0.4, -0.2) is 31.2 Å². The van der Waals surface area contributed by atoms with E-state index in [1.807, 2.05) is 12.1 Å². The summed E-state index contributed by atoms with van der Waals surface area (Å²) >= 11 is 0. The summed E-state index contributed by atoms with van der Waals surface area (Å²) in [6.45, 7) is 1.26. The Bertz CT molecular complexity index is 737. The first kappa shape index (κ1) is 12.3. The Hall–Kier alpha value is -2.49. The number of hydrogen-bond acceptors (Lipinski definition) is 3. The second kappa shape index (κ2) is 4.81. The van der Waals surface area contributed by atoms with Gasteiger partial charge in [0.25, 0.3) is 0 Å². The first-order valence-electron chi connectivity index (χ1n) is 7.01. The van der Waals surface area contributed by atoms with Gasteiger partial charge < -0.3 is 14.2 Å². The van der Waals surface area contributed by atoms with E-state index in [9.17, 15) is 0 Å². The van der Waals surface area contributed by atoms with Crippen LogP contribution in [-0.2, 0) is 6.42 Å². The van der Waals surface area contributed by atoms with E-state index in [4.69, 9.17) is 14.2 Å². The van der Waals surface area contributed by atoms with Gasteiger partial charge in [0, 0.05) is 18.1 Å². The van der Waals surface area contributed by atoms with E-state index in [0.717, 1.165) is 35.9 Å². The lowest BCUT2D eigenvalue weighted by atomic mass is 10.0. The van der Waals surface area contributed by atoms with E-state index in [0.29, 0.717) is 6.79 Å². The molecule has 2 aromatic rings. The van der Waals surface area contributed by atoms with Gasteiger partial charge in [-0.2, -0.15) is 4.58 Å². The Morgan fingerprint density at radius 3 is 2.81 bits per heavy atom. The largest absolute Gasteiger partial charge is 0.497 e. The highest BCUT2D eigenvalue weighted by molar-refractivity contribution is 5.81. The van der Waals surface area contributed by atoms with E-state index in [-0.39, 0.29) is 0 Å².